The molecule has 112 valence electrons. The molecule has 0 aromatic heterocycles. The first-order valence-corrected chi connectivity index (χ1v) is 8.17. The summed E-state index contributed by atoms with van der Waals surface area (Å²) in [5.41, 5.74) is -0.613. The van der Waals surface area contributed by atoms with Crippen molar-refractivity contribution in [3.05, 3.63) is 34.1 Å². The van der Waals surface area contributed by atoms with E-state index in [0.29, 0.717) is 12.1 Å². The summed E-state index contributed by atoms with van der Waals surface area (Å²) in [5.74, 6) is -1.89. The van der Waals surface area contributed by atoms with Gasteiger partial charge in [-0.25, -0.2) is 31.1 Å². The van der Waals surface area contributed by atoms with E-state index in [1.807, 2.05) is 0 Å². The lowest BCUT2D eigenvalue weighted by Gasteiger charge is -2.06. The van der Waals surface area contributed by atoms with Gasteiger partial charge in [0.1, 0.15) is 10.7 Å². The van der Waals surface area contributed by atoms with E-state index >= 15 is 0 Å². The van der Waals surface area contributed by atoms with Gasteiger partial charge in [0.05, 0.1) is 10.7 Å². The van der Waals surface area contributed by atoms with Crippen molar-refractivity contribution in [2.75, 3.05) is 12.3 Å². The molecule has 0 amide bonds. The average Bonchev–Trinajstić information content (AvgIpc) is 2.26. The molecule has 1 aromatic carbocycles. The van der Waals surface area contributed by atoms with Crippen LogP contribution in [-0.4, -0.2) is 34.1 Å². The fourth-order valence-corrected chi connectivity index (χ4v) is 2.85. The Morgan fingerprint density at radius 3 is 2.40 bits per heavy atom. The van der Waals surface area contributed by atoms with Crippen LogP contribution in [0.4, 0.5) is 10.1 Å². The molecule has 0 fully saturated rings. The van der Waals surface area contributed by atoms with Crippen LogP contribution in [0.1, 0.15) is 0 Å². The van der Waals surface area contributed by atoms with Crippen LogP contribution in [0.15, 0.2) is 23.1 Å². The molecule has 0 unspecified atom stereocenters. The van der Waals surface area contributed by atoms with Gasteiger partial charge < -0.3 is 0 Å². The third-order valence-corrected chi connectivity index (χ3v) is 4.34. The Kier molecular flexibility index (Phi) is 4.75. The van der Waals surface area contributed by atoms with Gasteiger partial charge in [0, 0.05) is 18.7 Å². The van der Waals surface area contributed by atoms with Crippen LogP contribution in [0.3, 0.4) is 0 Å². The number of hydrogen-bond donors (Lipinski definition) is 2. The predicted octanol–water partition coefficient (Wildman–Crippen LogP) is -0.699. The Hall–Kier alpha value is -1.63. The standard InChI is InChI=1S/C8H10FN3O6S2/c9-7-2-1-6(12(13)14)5-8(7)20(17,18)11-3-4-19(10,15)16/h1-2,5,11H,3-4H2,(H2,10,15,16). The summed E-state index contributed by atoms with van der Waals surface area (Å²) in [4.78, 5) is 8.68. The summed E-state index contributed by atoms with van der Waals surface area (Å²) in [7, 11) is -8.31. The molecular weight excluding hydrogens is 317 g/mol. The number of hydrogen-bond acceptors (Lipinski definition) is 6. The fourth-order valence-electron chi connectivity index (χ4n) is 1.21. The van der Waals surface area contributed by atoms with Crippen molar-refractivity contribution >= 4 is 25.7 Å². The molecule has 0 atom stereocenters. The molecule has 0 saturated carbocycles. The topological polar surface area (TPSA) is 149 Å². The summed E-state index contributed by atoms with van der Waals surface area (Å²) in [6, 6.07) is 1.97. The van der Waals surface area contributed by atoms with Crippen LogP contribution in [-0.2, 0) is 20.0 Å². The first-order valence-electron chi connectivity index (χ1n) is 4.97. The third kappa shape index (κ3) is 4.48. The zero-order chi connectivity index (χ0) is 15.6. The lowest BCUT2D eigenvalue weighted by Crippen LogP contribution is -2.32. The fraction of sp³-hybridized carbons (Fsp3) is 0.250. The second-order valence-corrected chi connectivity index (χ2v) is 7.11. The lowest BCUT2D eigenvalue weighted by atomic mass is 10.3. The first kappa shape index (κ1) is 16.4. The highest BCUT2D eigenvalue weighted by molar-refractivity contribution is 7.90. The van der Waals surface area contributed by atoms with Crippen molar-refractivity contribution in [3.63, 3.8) is 0 Å². The number of rotatable bonds is 6. The minimum atomic E-state index is -4.42. The number of halogens is 1. The monoisotopic (exact) mass is 327 g/mol. The number of non-ortho nitro benzene ring substituents is 1. The molecule has 0 aliphatic rings. The van der Waals surface area contributed by atoms with Gasteiger partial charge in [-0.3, -0.25) is 10.1 Å². The van der Waals surface area contributed by atoms with E-state index in [4.69, 9.17) is 0 Å². The van der Waals surface area contributed by atoms with E-state index in [2.05, 4.69) is 5.14 Å². The Morgan fingerprint density at radius 2 is 1.90 bits per heavy atom. The maximum atomic E-state index is 13.4. The van der Waals surface area contributed by atoms with Crippen LogP contribution in [0.2, 0.25) is 0 Å². The first-order chi connectivity index (χ1) is 9.03. The highest BCUT2D eigenvalue weighted by atomic mass is 32.2. The highest BCUT2D eigenvalue weighted by Crippen LogP contribution is 2.20. The van der Waals surface area contributed by atoms with Crippen molar-refractivity contribution in [1.29, 1.82) is 0 Å². The van der Waals surface area contributed by atoms with Gasteiger partial charge in [0.25, 0.3) is 5.69 Å². The Labute approximate surface area is 113 Å². The minimum absolute atomic E-state index is 0.536. The summed E-state index contributed by atoms with van der Waals surface area (Å²) in [6.45, 7) is -0.580. The number of nitro groups is 1. The summed E-state index contributed by atoms with van der Waals surface area (Å²) < 4.78 is 59.9. The third-order valence-electron chi connectivity index (χ3n) is 2.09. The molecule has 20 heavy (non-hydrogen) atoms. The van der Waals surface area contributed by atoms with Crippen molar-refractivity contribution < 1.29 is 26.1 Å². The molecular formula is C8H10FN3O6S2. The molecule has 9 nitrogen and oxygen atoms in total. The smallest absolute Gasteiger partial charge is 0.258 e. The van der Waals surface area contributed by atoms with E-state index in [0.717, 1.165) is 6.07 Å². The van der Waals surface area contributed by atoms with Crippen molar-refractivity contribution in [2.45, 2.75) is 4.90 Å². The molecule has 3 N–H and O–H groups in total. The molecule has 0 radical (unpaired) electrons. The Balaban J connectivity index is 3.03. The summed E-state index contributed by atoms with van der Waals surface area (Å²) >= 11 is 0. The van der Waals surface area contributed by atoms with Gasteiger partial charge in [-0.1, -0.05) is 0 Å². The molecule has 0 heterocycles. The molecule has 0 saturated heterocycles. The largest absolute Gasteiger partial charge is 0.270 e. The molecule has 12 heteroatoms. The van der Waals surface area contributed by atoms with E-state index in [-0.39, 0.29) is 0 Å². The predicted molar refractivity (Wildman–Crippen MR) is 66.2 cm³/mol. The van der Waals surface area contributed by atoms with Gasteiger partial charge in [0.15, 0.2) is 0 Å². The van der Waals surface area contributed by atoms with Crippen LogP contribution in [0.5, 0.6) is 0 Å². The van der Waals surface area contributed by atoms with E-state index in [9.17, 15) is 31.3 Å². The van der Waals surface area contributed by atoms with E-state index in [1.54, 1.807) is 4.72 Å². The van der Waals surface area contributed by atoms with Crippen LogP contribution in [0.25, 0.3) is 0 Å². The maximum Gasteiger partial charge on any atom is 0.270 e. The van der Waals surface area contributed by atoms with Crippen molar-refractivity contribution in [1.82, 2.24) is 4.72 Å². The van der Waals surface area contributed by atoms with Gasteiger partial charge in [-0.15, -0.1) is 0 Å². The van der Waals surface area contributed by atoms with Gasteiger partial charge in [-0.05, 0) is 6.07 Å². The molecule has 1 aromatic rings. The summed E-state index contributed by atoms with van der Waals surface area (Å²) in [6.07, 6.45) is 0. The van der Waals surface area contributed by atoms with Crippen LogP contribution < -0.4 is 9.86 Å². The number of benzene rings is 1. The second-order valence-electron chi connectivity index (χ2n) is 3.64. The molecule has 0 spiro atoms. The van der Waals surface area contributed by atoms with Crippen LogP contribution in [0, 0.1) is 15.9 Å². The zero-order valence-corrected chi connectivity index (χ0v) is 11.4. The highest BCUT2D eigenvalue weighted by Gasteiger charge is 2.22. The zero-order valence-electron chi connectivity index (χ0n) is 9.81. The Bertz CT molecular complexity index is 731. The average molecular weight is 327 g/mol. The SMILES string of the molecule is NS(=O)(=O)CCNS(=O)(=O)c1cc([N+](=O)[O-])ccc1F. The number of nitro benzene ring substituents is 1. The summed E-state index contributed by atoms with van der Waals surface area (Å²) in [5, 5.41) is 15.2. The lowest BCUT2D eigenvalue weighted by molar-refractivity contribution is -0.385. The molecule has 0 aliphatic carbocycles. The van der Waals surface area contributed by atoms with Crippen molar-refractivity contribution in [2.24, 2.45) is 5.14 Å². The second kappa shape index (κ2) is 5.78. The molecule has 0 aliphatic heterocycles. The number of nitrogens with two attached hydrogens (primary N) is 1. The number of nitrogens with zero attached hydrogens (tertiary/aromatic N) is 1. The Morgan fingerprint density at radius 1 is 1.30 bits per heavy atom. The van der Waals surface area contributed by atoms with Gasteiger partial charge in [0.2, 0.25) is 20.0 Å². The van der Waals surface area contributed by atoms with Crippen LogP contribution >= 0.6 is 0 Å². The minimum Gasteiger partial charge on any atom is -0.258 e. The normalized spacial score (nSPS) is 12.3. The number of primary sulfonamides is 1. The quantitative estimate of drug-likeness (QED) is 0.521. The molecule has 0 bridgehead atoms. The van der Waals surface area contributed by atoms with E-state index in [1.165, 1.54) is 0 Å². The molecule has 1 rings (SSSR count). The van der Waals surface area contributed by atoms with Gasteiger partial charge >= 0.3 is 0 Å². The number of sulfonamides is 2. The van der Waals surface area contributed by atoms with Gasteiger partial charge in [-0.2, -0.15) is 0 Å². The van der Waals surface area contributed by atoms with Crippen molar-refractivity contribution in [3.8, 4) is 0 Å². The number of nitrogens with one attached hydrogen (secondary N) is 1. The maximum absolute atomic E-state index is 13.4. The van der Waals surface area contributed by atoms with E-state index < -0.39 is 53.7 Å².